The number of fused-ring (bicyclic) bond motifs is 1. The SMILES string of the molecule is O=[N+]([O-])c1c(Nc2ccc(Cl)cc2)ncnc1Nc1ccc2c(c1)OCCO2. The van der Waals surface area contributed by atoms with Crippen LogP contribution < -0.4 is 20.1 Å². The molecule has 0 atom stereocenters. The number of nitrogens with zero attached hydrogens (tertiary/aromatic N) is 3. The molecule has 2 N–H and O–H groups in total. The molecule has 0 bridgehead atoms. The summed E-state index contributed by atoms with van der Waals surface area (Å²) >= 11 is 5.87. The normalized spacial score (nSPS) is 12.3. The zero-order chi connectivity index (χ0) is 19.5. The van der Waals surface area contributed by atoms with Crippen LogP contribution in [0.25, 0.3) is 0 Å². The maximum atomic E-state index is 11.7. The molecule has 3 aromatic rings. The number of nitrogens with one attached hydrogen (secondary N) is 2. The molecular formula is C18H14ClN5O4. The second kappa shape index (κ2) is 7.57. The monoisotopic (exact) mass is 399 g/mol. The fourth-order valence-corrected chi connectivity index (χ4v) is 2.79. The first kappa shape index (κ1) is 17.8. The summed E-state index contributed by atoms with van der Waals surface area (Å²) in [6.07, 6.45) is 1.24. The van der Waals surface area contributed by atoms with Crippen LogP contribution in [-0.2, 0) is 0 Å². The fraction of sp³-hybridized carbons (Fsp3) is 0.111. The van der Waals surface area contributed by atoms with Gasteiger partial charge >= 0.3 is 5.69 Å². The maximum Gasteiger partial charge on any atom is 0.353 e. The van der Waals surface area contributed by atoms with Crippen LogP contribution in [0.5, 0.6) is 11.5 Å². The second-order valence-corrected chi connectivity index (χ2v) is 6.23. The molecule has 142 valence electrons. The van der Waals surface area contributed by atoms with Gasteiger partial charge in [-0.3, -0.25) is 10.1 Å². The van der Waals surface area contributed by atoms with Crippen molar-refractivity contribution in [2.45, 2.75) is 0 Å². The highest BCUT2D eigenvalue weighted by Crippen LogP contribution is 2.36. The van der Waals surface area contributed by atoms with Gasteiger partial charge in [-0.2, -0.15) is 0 Å². The second-order valence-electron chi connectivity index (χ2n) is 5.79. The highest BCUT2D eigenvalue weighted by atomic mass is 35.5. The molecule has 2 heterocycles. The Balaban J connectivity index is 1.65. The Morgan fingerprint density at radius 3 is 2.21 bits per heavy atom. The van der Waals surface area contributed by atoms with Gasteiger partial charge in [0.25, 0.3) is 0 Å². The third-order valence-corrected chi connectivity index (χ3v) is 4.17. The molecule has 0 fully saturated rings. The van der Waals surface area contributed by atoms with Crippen LogP contribution in [-0.4, -0.2) is 28.1 Å². The zero-order valence-electron chi connectivity index (χ0n) is 14.4. The van der Waals surface area contributed by atoms with Gasteiger partial charge in [0, 0.05) is 22.5 Å². The lowest BCUT2D eigenvalue weighted by atomic mass is 10.2. The van der Waals surface area contributed by atoms with Gasteiger partial charge in [-0.15, -0.1) is 0 Å². The number of aromatic nitrogens is 2. The van der Waals surface area contributed by atoms with E-state index in [0.717, 1.165) is 0 Å². The van der Waals surface area contributed by atoms with Gasteiger partial charge in [0.05, 0.1) is 4.92 Å². The van der Waals surface area contributed by atoms with Crippen molar-refractivity contribution in [2.75, 3.05) is 23.8 Å². The van der Waals surface area contributed by atoms with E-state index in [1.54, 1.807) is 42.5 Å². The Labute approximate surface area is 164 Å². The predicted molar refractivity (Wildman–Crippen MR) is 104 cm³/mol. The van der Waals surface area contributed by atoms with Crippen LogP contribution in [0.3, 0.4) is 0 Å². The zero-order valence-corrected chi connectivity index (χ0v) is 15.1. The Bertz CT molecular complexity index is 1030. The summed E-state index contributed by atoms with van der Waals surface area (Å²) < 4.78 is 11.0. The number of nitro groups is 1. The first-order chi connectivity index (χ1) is 13.6. The van der Waals surface area contributed by atoms with Gasteiger partial charge in [-0.05, 0) is 36.4 Å². The van der Waals surface area contributed by atoms with Crippen molar-refractivity contribution < 1.29 is 14.4 Å². The lowest BCUT2D eigenvalue weighted by Crippen LogP contribution is -2.15. The van der Waals surface area contributed by atoms with Crippen LogP contribution in [0.4, 0.5) is 28.7 Å². The Hall–Kier alpha value is -3.59. The van der Waals surface area contributed by atoms with Crippen LogP contribution in [0, 0.1) is 10.1 Å². The molecule has 0 saturated carbocycles. The van der Waals surface area contributed by atoms with E-state index in [0.29, 0.717) is 41.1 Å². The van der Waals surface area contributed by atoms with Gasteiger partial charge in [0.1, 0.15) is 19.5 Å². The summed E-state index contributed by atoms with van der Waals surface area (Å²) in [6.45, 7) is 0.927. The minimum atomic E-state index is -0.543. The Kier molecular flexibility index (Phi) is 4.81. The van der Waals surface area contributed by atoms with Gasteiger partial charge in [-0.1, -0.05) is 11.6 Å². The molecule has 2 aromatic carbocycles. The molecule has 1 aliphatic rings. The lowest BCUT2D eigenvalue weighted by molar-refractivity contribution is -0.383. The molecule has 0 amide bonds. The number of rotatable bonds is 5. The van der Waals surface area contributed by atoms with Crippen LogP contribution in [0.1, 0.15) is 0 Å². The molecule has 0 unspecified atom stereocenters. The largest absolute Gasteiger partial charge is 0.486 e. The van der Waals surface area contributed by atoms with E-state index in [1.165, 1.54) is 6.33 Å². The van der Waals surface area contributed by atoms with Gasteiger partial charge in [0.2, 0.25) is 11.6 Å². The first-order valence-electron chi connectivity index (χ1n) is 8.29. The van der Waals surface area contributed by atoms with Crippen molar-refractivity contribution in [3.05, 3.63) is 63.9 Å². The third-order valence-electron chi connectivity index (χ3n) is 3.92. The minimum absolute atomic E-state index is 0.0492. The molecule has 0 aliphatic carbocycles. The Morgan fingerprint density at radius 1 is 0.929 bits per heavy atom. The molecule has 10 heteroatoms. The molecular weight excluding hydrogens is 386 g/mol. The van der Waals surface area contributed by atoms with E-state index in [2.05, 4.69) is 20.6 Å². The topological polar surface area (TPSA) is 111 Å². The molecule has 0 saturated heterocycles. The van der Waals surface area contributed by atoms with Gasteiger partial charge < -0.3 is 20.1 Å². The Morgan fingerprint density at radius 2 is 1.54 bits per heavy atom. The average molecular weight is 400 g/mol. The fourth-order valence-electron chi connectivity index (χ4n) is 2.66. The summed E-state index contributed by atoms with van der Waals surface area (Å²) in [6, 6.07) is 11.9. The summed E-state index contributed by atoms with van der Waals surface area (Å²) in [4.78, 5) is 19.2. The van der Waals surface area contributed by atoms with Crippen molar-refractivity contribution in [1.82, 2.24) is 9.97 Å². The van der Waals surface area contributed by atoms with Crippen molar-refractivity contribution in [3.63, 3.8) is 0 Å². The molecule has 9 nitrogen and oxygen atoms in total. The highest BCUT2D eigenvalue weighted by Gasteiger charge is 2.24. The summed E-state index contributed by atoms with van der Waals surface area (Å²) in [7, 11) is 0. The van der Waals surface area contributed by atoms with E-state index < -0.39 is 4.92 Å². The summed E-state index contributed by atoms with van der Waals surface area (Å²) in [5.74, 6) is 1.29. The van der Waals surface area contributed by atoms with Gasteiger partial charge in [0.15, 0.2) is 11.5 Å². The number of benzene rings is 2. The lowest BCUT2D eigenvalue weighted by Gasteiger charge is -2.19. The number of ether oxygens (including phenoxy) is 2. The van der Waals surface area contributed by atoms with Gasteiger partial charge in [-0.25, -0.2) is 9.97 Å². The molecule has 0 spiro atoms. The molecule has 1 aromatic heterocycles. The first-order valence-corrected chi connectivity index (χ1v) is 8.66. The third kappa shape index (κ3) is 3.74. The molecule has 1 aliphatic heterocycles. The van der Waals surface area contributed by atoms with E-state index in [1.807, 2.05) is 0 Å². The maximum absolute atomic E-state index is 11.7. The smallest absolute Gasteiger partial charge is 0.353 e. The predicted octanol–water partition coefficient (Wildman–Crippen LogP) is 4.30. The van der Waals surface area contributed by atoms with E-state index in [9.17, 15) is 10.1 Å². The summed E-state index contributed by atoms with van der Waals surface area (Å²) in [5, 5.41) is 18.1. The number of anilines is 4. The van der Waals surface area contributed by atoms with Crippen molar-refractivity contribution in [1.29, 1.82) is 0 Å². The average Bonchev–Trinajstić information content (AvgIpc) is 2.69. The highest BCUT2D eigenvalue weighted by molar-refractivity contribution is 6.30. The van der Waals surface area contributed by atoms with Crippen molar-refractivity contribution in [2.24, 2.45) is 0 Å². The van der Waals surface area contributed by atoms with Crippen LogP contribution >= 0.6 is 11.6 Å². The minimum Gasteiger partial charge on any atom is -0.486 e. The standard InChI is InChI=1S/C18H14ClN5O4/c19-11-1-3-12(4-2-11)22-17-16(24(25)26)18(21-10-20-17)23-13-5-6-14-15(9-13)28-8-7-27-14/h1-6,9-10H,7-8H2,(H2,20,21,22,23). The van der Waals surface area contributed by atoms with Crippen molar-refractivity contribution in [3.8, 4) is 11.5 Å². The molecule has 4 rings (SSSR count). The molecule has 28 heavy (non-hydrogen) atoms. The van der Waals surface area contributed by atoms with Crippen molar-refractivity contribution >= 4 is 40.3 Å². The van der Waals surface area contributed by atoms with Crippen LogP contribution in [0.15, 0.2) is 48.8 Å². The quantitative estimate of drug-likeness (QED) is 0.482. The van der Waals surface area contributed by atoms with E-state index in [4.69, 9.17) is 21.1 Å². The summed E-state index contributed by atoms with van der Waals surface area (Å²) in [5.41, 5.74) is 0.896. The number of hydrogen-bond acceptors (Lipinski definition) is 8. The van der Waals surface area contributed by atoms with Crippen LogP contribution in [0.2, 0.25) is 5.02 Å². The number of halogens is 1. The van der Waals surface area contributed by atoms with E-state index in [-0.39, 0.29) is 17.3 Å². The van der Waals surface area contributed by atoms with E-state index >= 15 is 0 Å². The molecule has 0 radical (unpaired) electrons. The number of hydrogen-bond donors (Lipinski definition) is 2.